The first kappa shape index (κ1) is 10.9. The molecule has 0 heterocycles. The monoisotopic (exact) mass is 210 g/mol. The van der Waals surface area contributed by atoms with Crippen molar-refractivity contribution >= 4 is 5.91 Å². The molecule has 1 amide bonds. The van der Waals surface area contributed by atoms with E-state index in [1.165, 1.54) is 25.7 Å². The maximum Gasteiger partial charge on any atom is 0.223 e. The molecule has 15 heavy (non-hydrogen) atoms. The van der Waals surface area contributed by atoms with Gasteiger partial charge in [0.15, 0.2) is 0 Å². The molecular weight excluding hydrogens is 188 g/mol. The zero-order valence-corrected chi connectivity index (χ0v) is 9.83. The molecule has 3 heteroatoms. The highest BCUT2D eigenvalue weighted by Gasteiger charge is 2.44. The molecule has 3 nitrogen and oxygen atoms in total. The third kappa shape index (κ3) is 2.71. The summed E-state index contributed by atoms with van der Waals surface area (Å²) in [6, 6.07) is 0.564. The predicted molar refractivity (Wildman–Crippen MR) is 60.5 cm³/mol. The largest absolute Gasteiger partial charge is 0.342 e. The summed E-state index contributed by atoms with van der Waals surface area (Å²) >= 11 is 0. The summed E-state index contributed by atoms with van der Waals surface area (Å²) in [5.41, 5.74) is 0. The molecule has 0 unspecified atom stereocenters. The van der Waals surface area contributed by atoms with Crippen LogP contribution in [0.4, 0.5) is 0 Å². The number of rotatable bonds is 6. The van der Waals surface area contributed by atoms with Crippen LogP contribution in [0.2, 0.25) is 0 Å². The lowest BCUT2D eigenvalue weighted by Gasteiger charge is -2.28. The number of carbonyl (C=O) groups excluding carboxylic acids is 1. The van der Waals surface area contributed by atoms with Crippen LogP contribution in [0.1, 0.15) is 32.1 Å². The summed E-state index contributed by atoms with van der Waals surface area (Å²) in [6.45, 7) is 0.797. The molecule has 0 bridgehead atoms. The quantitative estimate of drug-likeness (QED) is 0.715. The van der Waals surface area contributed by atoms with Gasteiger partial charge >= 0.3 is 0 Å². The van der Waals surface area contributed by atoms with E-state index >= 15 is 0 Å². The van der Waals surface area contributed by atoms with Gasteiger partial charge in [-0.3, -0.25) is 4.79 Å². The van der Waals surface area contributed by atoms with E-state index in [-0.39, 0.29) is 0 Å². The molecule has 2 fully saturated rings. The van der Waals surface area contributed by atoms with Crippen molar-refractivity contribution in [3.05, 3.63) is 0 Å². The molecule has 2 saturated carbocycles. The Hall–Kier alpha value is -0.570. The van der Waals surface area contributed by atoms with E-state index in [1.807, 2.05) is 19.0 Å². The summed E-state index contributed by atoms with van der Waals surface area (Å²) < 4.78 is 0. The standard InChI is InChI=1S/C12H22N2O/c1-13-8-7-11(15)14(2)12(9-3-4-9)10-5-6-10/h9-10,12-13H,3-8H2,1-2H3. The lowest BCUT2D eigenvalue weighted by Crippen LogP contribution is -2.40. The van der Waals surface area contributed by atoms with E-state index in [2.05, 4.69) is 5.32 Å². The highest BCUT2D eigenvalue weighted by molar-refractivity contribution is 5.76. The molecule has 86 valence electrons. The van der Waals surface area contributed by atoms with Gasteiger partial charge in [0.1, 0.15) is 0 Å². The third-order valence-corrected chi connectivity index (χ3v) is 3.64. The van der Waals surface area contributed by atoms with E-state index in [4.69, 9.17) is 0 Å². The Bertz CT molecular complexity index is 222. The first-order valence-electron chi connectivity index (χ1n) is 6.14. The molecule has 0 aliphatic heterocycles. The molecule has 0 aromatic heterocycles. The molecule has 0 aromatic carbocycles. The fraction of sp³-hybridized carbons (Fsp3) is 0.917. The number of carbonyl (C=O) groups is 1. The summed E-state index contributed by atoms with van der Waals surface area (Å²) in [6.07, 6.45) is 5.99. The van der Waals surface area contributed by atoms with Gasteiger partial charge < -0.3 is 10.2 Å². The maximum atomic E-state index is 11.9. The van der Waals surface area contributed by atoms with Crippen LogP contribution in [0.3, 0.4) is 0 Å². The van der Waals surface area contributed by atoms with Crippen LogP contribution in [0, 0.1) is 11.8 Å². The fourth-order valence-electron chi connectivity index (χ4n) is 2.47. The second-order valence-electron chi connectivity index (χ2n) is 5.02. The summed E-state index contributed by atoms with van der Waals surface area (Å²) in [5, 5.41) is 3.03. The average molecular weight is 210 g/mol. The number of hydrogen-bond acceptors (Lipinski definition) is 2. The summed E-state index contributed by atoms with van der Waals surface area (Å²) in [4.78, 5) is 13.9. The molecule has 2 aliphatic carbocycles. The van der Waals surface area contributed by atoms with E-state index in [0.29, 0.717) is 18.4 Å². The van der Waals surface area contributed by atoms with Crippen molar-refractivity contribution in [2.45, 2.75) is 38.1 Å². The second-order valence-corrected chi connectivity index (χ2v) is 5.02. The molecule has 0 spiro atoms. The SMILES string of the molecule is CNCCC(=O)N(C)C(C1CC1)C1CC1. The number of nitrogens with one attached hydrogen (secondary N) is 1. The first-order valence-corrected chi connectivity index (χ1v) is 6.14. The van der Waals surface area contributed by atoms with E-state index < -0.39 is 0 Å². The molecule has 0 saturated heterocycles. The average Bonchev–Trinajstić information content (AvgIpc) is 3.06. The van der Waals surface area contributed by atoms with Crippen LogP contribution in [0.15, 0.2) is 0 Å². The lowest BCUT2D eigenvalue weighted by molar-refractivity contribution is -0.132. The fourth-order valence-corrected chi connectivity index (χ4v) is 2.47. The molecule has 2 rings (SSSR count). The van der Waals surface area contributed by atoms with Crippen molar-refractivity contribution in [2.24, 2.45) is 11.8 Å². The van der Waals surface area contributed by atoms with Gasteiger partial charge in [0.05, 0.1) is 0 Å². The Labute approximate surface area is 92.2 Å². The Morgan fingerprint density at radius 2 is 1.87 bits per heavy atom. The van der Waals surface area contributed by atoms with Gasteiger partial charge in [-0.1, -0.05) is 0 Å². The van der Waals surface area contributed by atoms with E-state index in [1.54, 1.807) is 0 Å². The molecule has 0 radical (unpaired) electrons. The van der Waals surface area contributed by atoms with Gasteiger partial charge in [0, 0.05) is 26.1 Å². The number of hydrogen-bond donors (Lipinski definition) is 1. The Kier molecular flexibility index (Phi) is 3.29. The minimum absolute atomic E-state index is 0.313. The predicted octanol–water partition coefficient (Wildman–Crippen LogP) is 1.24. The number of amides is 1. The van der Waals surface area contributed by atoms with E-state index in [0.717, 1.165) is 18.4 Å². The van der Waals surface area contributed by atoms with Crippen LogP contribution in [0.25, 0.3) is 0 Å². The highest BCUT2D eigenvalue weighted by Crippen LogP contribution is 2.46. The van der Waals surface area contributed by atoms with Crippen LogP contribution >= 0.6 is 0 Å². The van der Waals surface area contributed by atoms with Crippen molar-refractivity contribution in [3.63, 3.8) is 0 Å². The number of nitrogens with zero attached hydrogens (tertiary/aromatic N) is 1. The zero-order valence-electron chi connectivity index (χ0n) is 9.83. The van der Waals surface area contributed by atoms with Crippen LogP contribution in [0.5, 0.6) is 0 Å². The molecule has 0 atom stereocenters. The van der Waals surface area contributed by atoms with Gasteiger partial charge in [0.2, 0.25) is 5.91 Å². The third-order valence-electron chi connectivity index (χ3n) is 3.64. The smallest absolute Gasteiger partial charge is 0.223 e. The molecule has 1 N–H and O–H groups in total. The first-order chi connectivity index (χ1) is 7.24. The topological polar surface area (TPSA) is 32.3 Å². The molecule has 2 aliphatic rings. The Morgan fingerprint density at radius 3 is 2.27 bits per heavy atom. The van der Waals surface area contributed by atoms with Gasteiger partial charge in [-0.15, -0.1) is 0 Å². The van der Waals surface area contributed by atoms with E-state index in [9.17, 15) is 4.79 Å². The van der Waals surface area contributed by atoms with Gasteiger partial charge in [-0.2, -0.15) is 0 Å². The van der Waals surface area contributed by atoms with Crippen LogP contribution in [-0.2, 0) is 4.79 Å². The minimum Gasteiger partial charge on any atom is -0.342 e. The normalized spacial score (nSPS) is 20.7. The molecule has 0 aromatic rings. The minimum atomic E-state index is 0.313. The Balaban J connectivity index is 1.85. The van der Waals surface area contributed by atoms with Gasteiger partial charge in [0.25, 0.3) is 0 Å². The van der Waals surface area contributed by atoms with Crippen molar-refractivity contribution in [1.82, 2.24) is 10.2 Å². The highest BCUT2D eigenvalue weighted by atomic mass is 16.2. The van der Waals surface area contributed by atoms with Gasteiger partial charge in [-0.05, 0) is 44.6 Å². The maximum absolute atomic E-state index is 11.9. The van der Waals surface area contributed by atoms with Crippen LogP contribution in [-0.4, -0.2) is 37.5 Å². The van der Waals surface area contributed by atoms with Crippen molar-refractivity contribution in [3.8, 4) is 0 Å². The second kappa shape index (κ2) is 4.52. The Morgan fingerprint density at radius 1 is 1.33 bits per heavy atom. The van der Waals surface area contributed by atoms with Crippen molar-refractivity contribution in [1.29, 1.82) is 0 Å². The summed E-state index contributed by atoms with van der Waals surface area (Å²) in [7, 11) is 3.89. The zero-order chi connectivity index (χ0) is 10.8. The van der Waals surface area contributed by atoms with Gasteiger partial charge in [-0.25, -0.2) is 0 Å². The van der Waals surface area contributed by atoms with Crippen molar-refractivity contribution < 1.29 is 4.79 Å². The molecular formula is C12H22N2O. The summed E-state index contributed by atoms with van der Waals surface area (Å²) in [5.74, 6) is 1.95. The van der Waals surface area contributed by atoms with Crippen molar-refractivity contribution in [2.75, 3.05) is 20.6 Å². The lowest BCUT2D eigenvalue weighted by atomic mass is 10.1. The van der Waals surface area contributed by atoms with Crippen LogP contribution < -0.4 is 5.32 Å².